The molecule has 0 saturated carbocycles. The van der Waals surface area contributed by atoms with E-state index in [4.69, 9.17) is 20.2 Å². The second-order valence-electron chi connectivity index (χ2n) is 5.86. The van der Waals surface area contributed by atoms with Crippen molar-refractivity contribution in [2.75, 3.05) is 19.8 Å². The van der Waals surface area contributed by atoms with Crippen molar-refractivity contribution in [3.63, 3.8) is 0 Å². The van der Waals surface area contributed by atoms with Crippen molar-refractivity contribution in [1.82, 2.24) is 9.78 Å². The van der Waals surface area contributed by atoms with Crippen molar-refractivity contribution in [3.05, 3.63) is 11.4 Å². The average Bonchev–Trinajstić information content (AvgIpc) is 2.94. The average molecular weight is 335 g/mol. The highest BCUT2D eigenvalue weighted by Crippen LogP contribution is 2.39. The molecule has 1 aromatic rings. The van der Waals surface area contributed by atoms with Crippen LogP contribution in [-0.4, -0.2) is 43.6 Å². The lowest BCUT2D eigenvalue weighted by Crippen LogP contribution is -2.41. The Morgan fingerprint density at radius 3 is 2.71 bits per heavy atom. The van der Waals surface area contributed by atoms with Gasteiger partial charge in [0.05, 0.1) is 29.6 Å². The molecule has 2 atom stereocenters. The first-order chi connectivity index (χ1) is 9.82. The second kappa shape index (κ2) is 5.22. The Labute approximate surface area is 128 Å². The third-order valence-electron chi connectivity index (χ3n) is 4.38. The van der Waals surface area contributed by atoms with Gasteiger partial charge in [0, 0.05) is 36.7 Å². The van der Waals surface area contributed by atoms with Gasteiger partial charge in [-0.1, -0.05) is 0 Å². The van der Waals surface area contributed by atoms with Gasteiger partial charge in [-0.25, -0.2) is 8.42 Å². The molecule has 1 spiro atoms. The molecule has 2 saturated heterocycles. The molecule has 21 heavy (non-hydrogen) atoms. The maximum atomic E-state index is 11.7. The Morgan fingerprint density at radius 2 is 2.14 bits per heavy atom. The van der Waals surface area contributed by atoms with Crippen molar-refractivity contribution in [2.45, 2.75) is 49.6 Å². The molecule has 3 rings (SSSR count). The van der Waals surface area contributed by atoms with E-state index < -0.39 is 9.05 Å². The van der Waals surface area contributed by atoms with Crippen molar-refractivity contribution in [2.24, 2.45) is 0 Å². The summed E-state index contributed by atoms with van der Waals surface area (Å²) < 4.78 is 36.5. The van der Waals surface area contributed by atoms with Gasteiger partial charge in [0.25, 0.3) is 9.05 Å². The first kappa shape index (κ1) is 15.3. The highest BCUT2D eigenvalue weighted by Gasteiger charge is 2.42. The van der Waals surface area contributed by atoms with E-state index in [0.29, 0.717) is 31.2 Å². The minimum atomic E-state index is -3.78. The molecule has 0 radical (unpaired) electrons. The lowest BCUT2D eigenvalue weighted by atomic mass is 9.90. The normalized spacial score (nSPS) is 30.1. The number of aryl methyl sites for hydroxylation is 1. The third-order valence-corrected chi connectivity index (χ3v) is 5.92. The van der Waals surface area contributed by atoms with Crippen molar-refractivity contribution in [3.8, 4) is 0 Å². The van der Waals surface area contributed by atoms with E-state index in [0.717, 1.165) is 19.3 Å². The predicted octanol–water partition coefficient (Wildman–Crippen LogP) is 1.94. The summed E-state index contributed by atoms with van der Waals surface area (Å²) in [6.45, 7) is 5.37. The molecule has 0 aromatic carbocycles. The minimum Gasteiger partial charge on any atom is -0.378 e. The van der Waals surface area contributed by atoms with Gasteiger partial charge in [-0.3, -0.25) is 4.68 Å². The van der Waals surface area contributed by atoms with Gasteiger partial charge in [-0.15, -0.1) is 0 Å². The first-order valence-electron chi connectivity index (χ1n) is 7.04. The van der Waals surface area contributed by atoms with E-state index in [1.807, 2.05) is 0 Å². The zero-order valence-electron chi connectivity index (χ0n) is 12.1. The van der Waals surface area contributed by atoms with Gasteiger partial charge in [0.1, 0.15) is 4.90 Å². The number of aromatic nitrogens is 2. The number of hydrogen-bond donors (Lipinski definition) is 0. The molecule has 2 unspecified atom stereocenters. The van der Waals surface area contributed by atoms with E-state index in [1.165, 1.54) is 0 Å². The van der Waals surface area contributed by atoms with Crippen LogP contribution in [0.15, 0.2) is 4.90 Å². The van der Waals surface area contributed by atoms with Crippen molar-refractivity contribution in [1.29, 1.82) is 0 Å². The quantitative estimate of drug-likeness (QED) is 0.773. The van der Waals surface area contributed by atoms with Crippen molar-refractivity contribution < 1.29 is 17.9 Å². The zero-order chi connectivity index (χ0) is 15.3. The fraction of sp³-hybridized carbons (Fsp3) is 0.769. The summed E-state index contributed by atoms with van der Waals surface area (Å²) in [5.74, 6) is 0. The van der Waals surface area contributed by atoms with Gasteiger partial charge in [0.2, 0.25) is 0 Å². The topological polar surface area (TPSA) is 70.4 Å². The van der Waals surface area contributed by atoms with Crippen LogP contribution in [0.2, 0.25) is 0 Å². The minimum absolute atomic E-state index is 0.117. The van der Waals surface area contributed by atoms with E-state index in [-0.39, 0.29) is 16.5 Å². The van der Waals surface area contributed by atoms with Crippen LogP contribution in [0.5, 0.6) is 0 Å². The molecule has 3 heterocycles. The van der Waals surface area contributed by atoms with Gasteiger partial charge >= 0.3 is 0 Å². The summed E-state index contributed by atoms with van der Waals surface area (Å²) in [6.07, 6.45) is 2.48. The van der Waals surface area contributed by atoms with E-state index in [1.54, 1.807) is 18.5 Å². The first-order valence-corrected chi connectivity index (χ1v) is 9.35. The monoisotopic (exact) mass is 334 g/mol. The standard InChI is InChI=1S/C13H19ClN2O4S/c1-9-12(21(14,17)18)10(2)16(15-9)11-3-5-20-13(7-11)4-6-19-8-13/h11H,3-8H2,1-2H3. The maximum Gasteiger partial charge on any atom is 0.264 e. The van der Waals surface area contributed by atoms with E-state index in [2.05, 4.69) is 5.10 Å². The Balaban J connectivity index is 1.94. The molecule has 2 aliphatic rings. The van der Waals surface area contributed by atoms with Gasteiger partial charge in [-0.2, -0.15) is 5.10 Å². The highest BCUT2D eigenvalue weighted by molar-refractivity contribution is 8.13. The number of hydrogen-bond acceptors (Lipinski definition) is 5. The number of nitrogens with zero attached hydrogens (tertiary/aromatic N) is 2. The molecule has 2 fully saturated rings. The fourth-order valence-corrected chi connectivity index (χ4v) is 4.94. The van der Waals surface area contributed by atoms with Crippen molar-refractivity contribution >= 4 is 19.7 Å². The summed E-state index contributed by atoms with van der Waals surface area (Å²) in [6, 6.07) is 0.117. The SMILES string of the molecule is Cc1nn(C2CCOC3(CCOC3)C2)c(C)c1S(=O)(=O)Cl. The van der Waals surface area contributed by atoms with Gasteiger partial charge in [0.15, 0.2) is 0 Å². The molecule has 0 aliphatic carbocycles. The molecule has 0 bridgehead atoms. The van der Waals surface area contributed by atoms with Crippen LogP contribution in [0, 0.1) is 13.8 Å². The highest BCUT2D eigenvalue weighted by atomic mass is 35.7. The molecule has 0 amide bonds. The van der Waals surface area contributed by atoms with Crippen LogP contribution < -0.4 is 0 Å². The fourth-order valence-electron chi connectivity index (χ4n) is 3.43. The van der Waals surface area contributed by atoms with Crippen LogP contribution in [0.4, 0.5) is 0 Å². The molecular formula is C13H19ClN2O4S. The van der Waals surface area contributed by atoms with E-state index in [9.17, 15) is 8.42 Å². The molecule has 1 aromatic heterocycles. The second-order valence-corrected chi connectivity index (χ2v) is 8.37. The zero-order valence-corrected chi connectivity index (χ0v) is 13.7. The summed E-state index contributed by atoms with van der Waals surface area (Å²) in [4.78, 5) is 0.132. The van der Waals surface area contributed by atoms with Crippen LogP contribution in [0.25, 0.3) is 0 Å². The third kappa shape index (κ3) is 2.72. The molecule has 6 nitrogen and oxygen atoms in total. The Hall–Kier alpha value is -0.630. The summed E-state index contributed by atoms with van der Waals surface area (Å²) in [5.41, 5.74) is 0.809. The van der Waals surface area contributed by atoms with Crippen LogP contribution in [0.1, 0.15) is 36.7 Å². The van der Waals surface area contributed by atoms with Gasteiger partial charge < -0.3 is 9.47 Å². The summed E-state index contributed by atoms with van der Waals surface area (Å²) >= 11 is 0. The molecule has 8 heteroatoms. The van der Waals surface area contributed by atoms with Crippen LogP contribution in [0.3, 0.4) is 0 Å². The molecular weight excluding hydrogens is 316 g/mol. The molecule has 0 N–H and O–H groups in total. The molecule has 2 aliphatic heterocycles. The summed E-state index contributed by atoms with van der Waals surface area (Å²) in [7, 11) is 1.74. The van der Waals surface area contributed by atoms with Crippen LogP contribution in [-0.2, 0) is 18.5 Å². The number of rotatable bonds is 2. The Morgan fingerprint density at radius 1 is 1.38 bits per heavy atom. The molecule has 118 valence electrons. The van der Waals surface area contributed by atoms with E-state index >= 15 is 0 Å². The lowest BCUT2D eigenvalue weighted by Gasteiger charge is -2.37. The largest absolute Gasteiger partial charge is 0.378 e. The summed E-state index contributed by atoms with van der Waals surface area (Å²) in [5, 5.41) is 4.41. The number of ether oxygens (including phenoxy) is 2. The Bertz CT molecular complexity index is 649. The lowest BCUT2D eigenvalue weighted by molar-refractivity contribution is -0.0965. The maximum absolute atomic E-state index is 11.7. The van der Waals surface area contributed by atoms with Gasteiger partial charge in [-0.05, 0) is 20.3 Å². The van der Waals surface area contributed by atoms with Crippen LogP contribution >= 0.6 is 10.7 Å². The Kier molecular flexibility index (Phi) is 3.80. The number of halogens is 1. The predicted molar refractivity (Wildman–Crippen MR) is 77.1 cm³/mol. The smallest absolute Gasteiger partial charge is 0.264 e.